The number of ether oxygens (including phenoxy) is 1. The largest absolute Gasteiger partial charge is 0.469 e. The molecule has 7 heteroatoms. The van der Waals surface area contributed by atoms with Crippen molar-refractivity contribution < 1.29 is 18.3 Å². The molecular weight excluding hydrogens is 298 g/mol. The average Bonchev–Trinajstić information content (AvgIpc) is 2.30. The highest BCUT2D eigenvalue weighted by Crippen LogP contribution is 2.29. The van der Waals surface area contributed by atoms with Crippen molar-refractivity contribution in [3.05, 3.63) is 22.9 Å². The number of alkyl halides is 3. The van der Waals surface area contributed by atoms with E-state index >= 15 is 0 Å². The second-order valence-corrected chi connectivity index (χ2v) is 3.80. The number of methoxy groups -OCH3 is 1. The number of carbonyl (C=O) groups is 1. The van der Waals surface area contributed by atoms with E-state index in [0.29, 0.717) is 0 Å². The summed E-state index contributed by atoms with van der Waals surface area (Å²) in [5.41, 5.74) is 5.93. The summed E-state index contributed by atoms with van der Waals surface area (Å²) in [5, 5.41) is 0.172. The van der Waals surface area contributed by atoms with Crippen molar-refractivity contribution in [2.45, 2.75) is 18.2 Å². The summed E-state index contributed by atoms with van der Waals surface area (Å²) in [6.45, 7) is 0. The second kappa shape index (κ2) is 5.90. The van der Waals surface area contributed by atoms with E-state index in [2.05, 4.69) is 25.7 Å². The van der Waals surface area contributed by atoms with E-state index in [0.717, 1.165) is 6.20 Å². The van der Waals surface area contributed by atoms with Crippen LogP contribution in [0, 0.1) is 0 Å². The number of hydrogen-bond donors (Lipinski definition) is 1. The predicted octanol–water partition coefficient (Wildman–Crippen LogP) is 2.21. The van der Waals surface area contributed by atoms with Gasteiger partial charge in [-0.1, -0.05) is 15.9 Å². The lowest BCUT2D eigenvalue weighted by molar-refractivity contribution is -0.139. The number of halogens is 3. The van der Waals surface area contributed by atoms with E-state index in [1.807, 2.05) is 0 Å². The summed E-state index contributed by atoms with van der Waals surface area (Å²) in [6.07, 6.45) is -1.80. The van der Waals surface area contributed by atoms with E-state index in [-0.39, 0.29) is 34.3 Å². The van der Waals surface area contributed by atoms with Crippen LogP contribution in [0.15, 0.2) is 6.20 Å². The Bertz CT molecular complexity index is 427. The monoisotopic (exact) mass is 308 g/mol. The lowest BCUT2D eigenvalue weighted by atomic mass is 10.0. The minimum atomic E-state index is -2.66. The Morgan fingerprint density at radius 2 is 2.24 bits per heavy atom. The van der Waals surface area contributed by atoms with E-state index < -0.39 is 12.4 Å². The van der Waals surface area contributed by atoms with E-state index in [9.17, 15) is 13.6 Å². The molecule has 0 radical (unpaired) electrons. The number of nitrogens with zero attached hydrogens (tertiary/aromatic N) is 1. The van der Waals surface area contributed by atoms with Crippen molar-refractivity contribution >= 4 is 27.7 Å². The van der Waals surface area contributed by atoms with Gasteiger partial charge in [0, 0.05) is 22.7 Å². The third kappa shape index (κ3) is 3.12. The third-order valence-electron chi connectivity index (χ3n) is 2.28. The van der Waals surface area contributed by atoms with Crippen LogP contribution >= 0.6 is 15.9 Å². The maximum Gasteiger partial charge on any atom is 0.310 e. The topological polar surface area (TPSA) is 65.2 Å². The first-order valence-electron chi connectivity index (χ1n) is 4.68. The molecule has 0 unspecified atom stereocenters. The first-order chi connectivity index (χ1) is 8.01. The number of esters is 1. The molecule has 0 spiro atoms. The highest BCUT2D eigenvalue weighted by atomic mass is 79.9. The smallest absolute Gasteiger partial charge is 0.310 e. The molecule has 1 aromatic heterocycles. The van der Waals surface area contributed by atoms with Gasteiger partial charge in [0.2, 0.25) is 0 Å². The molecule has 0 atom stereocenters. The van der Waals surface area contributed by atoms with Gasteiger partial charge in [-0.15, -0.1) is 0 Å². The summed E-state index contributed by atoms with van der Waals surface area (Å²) < 4.78 is 29.9. The van der Waals surface area contributed by atoms with Crippen LogP contribution in [-0.2, 0) is 21.3 Å². The number of pyridine rings is 1. The van der Waals surface area contributed by atoms with Gasteiger partial charge in [0.25, 0.3) is 6.43 Å². The zero-order chi connectivity index (χ0) is 13.0. The van der Waals surface area contributed by atoms with Crippen molar-refractivity contribution in [1.82, 2.24) is 4.98 Å². The van der Waals surface area contributed by atoms with Crippen LogP contribution in [0.5, 0.6) is 0 Å². The Labute approximate surface area is 105 Å². The summed E-state index contributed by atoms with van der Waals surface area (Å²) in [4.78, 5) is 14.8. The fourth-order valence-electron chi connectivity index (χ4n) is 1.38. The molecule has 0 saturated heterocycles. The highest BCUT2D eigenvalue weighted by molar-refractivity contribution is 9.08. The zero-order valence-electron chi connectivity index (χ0n) is 9.04. The standard InChI is InChI=1S/C10H11BrF2N2O2/c1-17-8(16)2-5-6(3-11)7(9(12)13)4-15-10(5)14/h4,9H,2-3H2,1H3,(H2,14,15). The lowest BCUT2D eigenvalue weighted by Crippen LogP contribution is -2.12. The molecule has 0 saturated carbocycles. The van der Waals surface area contributed by atoms with Gasteiger partial charge in [-0.05, 0) is 5.56 Å². The third-order valence-corrected chi connectivity index (χ3v) is 2.84. The molecular formula is C10H11BrF2N2O2. The Balaban J connectivity index is 3.25. The van der Waals surface area contributed by atoms with Crippen LogP contribution in [-0.4, -0.2) is 18.1 Å². The molecule has 0 amide bonds. The Morgan fingerprint density at radius 1 is 1.59 bits per heavy atom. The number of rotatable bonds is 4. The fourth-order valence-corrected chi connectivity index (χ4v) is 2.05. The maximum absolute atomic E-state index is 12.7. The molecule has 17 heavy (non-hydrogen) atoms. The average molecular weight is 309 g/mol. The van der Waals surface area contributed by atoms with Gasteiger partial charge < -0.3 is 10.5 Å². The van der Waals surface area contributed by atoms with E-state index in [1.54, 1.807) is 0 Å². The van der Waals surface area contributed by atoms with Crippen LogP contribution in [0.25, 0.3) is 0 Å². The highest BCUT2D eigenvalue weighted by Gasteiger charge is 2.20. The lowest BCUT2D eigenvalue weighted by Gasteiger charge is -2.13. The maximum atomic E-state index is 12.7. The molecule has 0 aliphatic carbocycles. The summed E-state index contributed by atoms with van der Waals surface area (Å²) in [6, 6.07) is 0. The van der Waals surface area contributed by atoms with Crippen molar-refractivity contribution in [3.8, 4) is 0 Å². The number of nitrogen functional groups attached to an aromatic ring is 1. The van der Waals surface area contributed by atoms with Gasteiger partial charge in [0.15, 0.2) is 0 Å². The summed E-state index contributed by atoms with van der Waals surface area (Å²) >= 11 is 3.10. The molecule has 4 nitrogen and oxygen atoms in total. The van der Waals surface area contributed by atoms with Gasteiger partial charge in [0.1, 0.15) is 5.82 Å². The van der Waals surface area contributed by atoms with Crippen LogP contribution in [0.1, 0.15) is 23.1 Å². The van der Waals surface area contributed by atoms with Crippen LogP contribution in [0.3, 0.4) is 0 Å². The number of hydrogen-bond acceptors (Lipinski definition) is 4. The van der Waals surface area contributed by atoms with Gasteiger partial charge in [-0.2, -0.15) is 0 Å². The fraction of sp³-hybridized carbons (Fsp3) is 0.400. The molecule has 0 aliphatic heterocycles. The zero-order valence-corrected chi connectivity index (χ0v) is 10.6. The summed E-state index contributed by atoms with van der Waals surface area (Å²) in [5.74, 6) is -0.485. The molecule has 1 heterocycles. The molecule has 1 rings (SSSR count). The SMILES string of the molecule is COC(=O)Cc1c(N)ncc(C(F)F)c1CBr. The minimum Gasteiger partial charge on any atom is -0.469 e. The van der Waals surface area contributed by atoms with Gasteiger partial charge in [-0.3, -0.25) is 4.79 Å². The van der Waals surface area contributed by atoms with E-state index in [4.69, 9.17) is 5.73 Å². The second-order valence-electron chi connectivity index (χ2n) is 3.24. The molecule has 0 bridgehead atoms. The molecule has 1 aromatic rings. The Kier molecular flexibility index (Phi) is 4.80. The van der Waals surface area contributed by atoms with Crippen molar-refractivity contribution in [2.75, 3.05) is 12.8 Å². The molecule has 0 aromatic carbocycles. The van der Waals surface area contributed by atoms with Crippen molar-refractivity contribution in [2.24, 2.45) is 0 Å². The van der Waals surface area contributed by atoms with Crippen molar-refractivity contribution in [1.29, 1.82) is 0 Å². The number of aromatic nitrogens is 1. The first kappa shape index (κ1) is 13.8. The van der Waals surface area contributed by atoms with Crippen LogP contribution in [0.2, 0.25) is 0 Å². The number of nitrogens with two attached hydrogens (primary N) is 1. The Hall–Kier alpha value is -1.24. The van der Waals surface area contributed by atoms with Crippen molar-refractivity contribution in [3.63, 3.8) is 0 Å². The molecule has 0 aliphatic rings. The first-order valence-corrected chi connectivity index (χ1v) is 5.80. The summed E-state index contributed by atoms with van der Waals surface area (Å²) in [7, 11) is 1.22. The minimum absolute atomic E-state index is 0.0641. The normalized spacial score (nSPS) is 10.6. The van der Waals surface area contributed by atoms with E-state index in [1.165, 1.54) is 7.11 Å². The van der Waals surface area contributed by atoms with Crippen LogP contribution in [0.4, 0.5) is 14.6 Å². The van der Waals surface area contributed by atoms with Crippen LogP contribution < -0.4 is 5.73 Å². The quantitative estimate of drug-likeness (QED) is 0.684. The molecule has 0 fully saturated rings. The van der Waals surface area contributed by atoms with Gasteiger partial charge in [0.05, 0.1) is 13.5 Å². The molecule has 94 valence electrons. The Morgan fingerprint density at radius 3 is 2.71 bits per heavy atom. The number of anilines is 1. The number of carbonyl (C=O) groups excluding carboxylic acids is 1. The molecule has 2 N–H and O–H groups in total. The predicted molar refractivity (Wildman–Crippen MR) is 62.0 cm³/mol. The van der Waals surface area contributed by atoms with Gasteiger partial charge >= 0.3 is 5.97 Å². The van der Waals surface area contributed by atoms with Gasteiger partial charge in [-0.25, -0.2) is 13.8 Å².